The number of ketones is 1. The van der Waals surface area contributed by atoms with E-state index in [2.05, 4.69) is 0 Å². The number of hydrogen-bond donors (Lipinski definition) is 1. The average Bonchev–Trinajstić information content (AvgIpc) is 2.26. The summed E-state index contributed by atoms with van der Waals surface area (Å²) in [6.45, 7) is 0.764. The molecule has 0 saturated carbocycles. The van der Waals surface area contributed by atoms with Crippen molar-refractivity contribution in [2.24, 2.45) is 5.41 Å². The van der Waals surface area contributed by atoms with Crippen LogP contribution in [0.5, 0.6) is 0 Å². The third-order valence-corrected chi connectivity index (χ3v) is 2.89. The number of aliphatic carboxylic acids is 1. The summed E-state index contributed by atoms with van der Waals surface area (Å²) in [6.07, 6.45) is -6.48. The van der Waals surface area contributed by atoms with Crippen molar-refractivity contribution >= 4 is 23.4 Å². The van der Waals surface area contributed by atoms with Gasteiger partial charge in [-0.25, -0.2) is 0 Å². The summed E-state index contributed by atoms with van der Waals surface area (Å²) >= 11 is 5.59. The summed E-state index contributed by atoms with van der Waals surface area (Å²) in [5.74, 6) is -2.92. The minimum absolute atomic E-state index is 0.126. The molecule has 1 aromatic carbocycles. The molecule has 104 valence electrons. The van der Waals surface area contributed by atoms with Gasteiger partial charge in [0.05, 0.1) is 6.42 Å². The normalized spacial score (nSPS) is 14.8. The van der Waals surface area contributed by atoms with Gasteiger partial charge in [-0.2, -0.15) is 13.2 Å². The predicted octanol–water partition coefficient (Wildman–Crippen LogP) is 3.57. The molecule has 7 heteroatoms. The first-order valence-electron chi connectivity index (χ1n) is 5.17. The lowest BCUT2D eigenvalue weighted by Crippen LogP contribution is -2.40. The maximum absolute atomic E-state index is 12.4. The van der Waals surface area contributed by atoms with Gasteiger partial charge in [-0.1, -0.05) is 11.6 Å². The number of halogens is 4. The molecule has 3 nitrogen and oxygen atoms in total. The fraction of sp³-hybridized carbons (Fsp3) is 0.333. The summed E-state index contributed by atoms with van der Waals surface area (Å²) in [5.41, 5.74) is -2.68. The Labute approximate surface area is 112 Å². The Morgan fingerprint density at radius 1 is 1.21 bits per heavy atom. The topological polar surface area (TPSA) is 54.4 Å². The number of carboxylic acid groups (broad SMARTS) is 1. The second-order valence-electron chi connectivity index (χ2n) is 4.27. The van der Waals surface area contributed by atoms with Crippen LogP contribution in [0.1, 0.15) is 23.7 Å². The van der Waals surface area contributed by atoms with Crippen molar-refractivity contribution in [3.63, 3.8) is 0 Å². The molecule has 0 heterocycles. The van der Waals surface area contributed by atoms with E-state index in [0.29, 0.717) is 5.02 Å². The molecule has 0 bridgehead atoms. The molecule has 1 atom stereocenters. The Balaban J connectivity index is 3.16. The van der Waals surface area contributed by atoms with E-state index in [1.54, 1.807) is 0 Å². The molecule has 0 saturated heterocycles. The van der Waals surface area contributed by atoms with Gasteiger partial charge >= 0.3 is 12.1 Å². The summed E-state index contributed by atoms with van der Waals surface area (Å²) in [6, 6.07) is 5.01. The van der Waals surface area contributed by atoms with Crippen LogP contribution in [0.2, 0.25) is 5.02 Å². The van der Waals surface area contributed by atoms with Gasteiger partial charge in [0, 0.05) is 10.6 Å². The van der Waals surface area contributed by atoms with E-state index in [0.717, 1.165) is 6.92 Å². The standard InChI is InChI=1S/C12H10ClF3O3/c1-11(10(18)19,6-12(14,15)16)9(17)7-2-4-8(13)5-3-7/h2-5H,6H2,1H3,(H,18,19). The first-order chi connectivity index (χ1) is 8.56. The monoisotopic (exact) mass is 294 g/mol. The second kappa shape index (κ2) is 5.21. The maximum Gasteiger partial charge on any atom is 0.390 e. The third kappa shape index (κ3) is 3.70. The molecule has 0 radical (unpaired) electrons. The van der Waals surface area contributed by atoms with Crippen LogP contribution in [0.3, 0.4) is 0 Å². The molecule has 0 amide bonds. The minimum Gasteiger partial charge on any atom is -0.480 e. The Morgan fingerprint density at radius 3 is 2.05 bits per heavy atom. The Morgan fingerprint density at radius 2 is 1.68 bits per heavy atom. The van der Waals surface area contributed by atoms with Crippen molar-refractivity contribution in [2.75, 3.05) is 0 Å². The first kappa shape index (κ1) is 15.5. The van der Waals surface area contributed by atoms with Crippen molar-refractivity contribution in [2.45, 2.75) is 19.5 Å². The minimum atomic E-state index is -4.75. The quantitative estimate of drug-likeness (QED) is 0.682. The Bertz CT molecular complexity index is 496. The summed E-state index contributed by atoms with van der Waals surface area (Å²) < 4.78 is 37.2. The molecule has 0 aromatic heterocycles. The highest BCUT2D eigenvalue weighted by atomic mass is 35.5. The Kier molecular flexibility index (Phi) is 4.25. The smallest absolute Gasteiger partial charge is 0.390 e. The van der Waals surface area contributed by atoms with E-state index >= 15 is 0 Å². The number of carbonyl (C=O) groups is 2. The molecule has 0 fully saturated rings. The van der Waals surface area contributed by atoms with E-state index in [1.807, 2.05) is 0 Å². The molecular formula is C12H10ClF3O3. The highest BCUT2D eigenvalue weighted by molar-refractivity contribution is 6.30. The van der Waals surface area contributed by atoms with Crippen molar-refractivity contribution in [1.82, 2.24) is 0 Å². The van der Waals surface area contributed by atoms with E-state index in [9.17, 15) is 22.8 Å². The number of Topliss-reactive ketones (excluding diaryl/α,β-unsaturated/α-hetero) is 1. The molecule has 1 rings (SSSR count). The zero-order valence-electron chi connectivity index (χ0n) is 9.79. The van der Waals surface area contributed by atoms with Crippen molar-refractivity contribution in [3.8, 4) is 0 Å². The molecule has 0 aliphatic rings. The SMILES string of the molecule is CC(CC(F)(F)F)(C(=O)O)C(=O)c1ccc(Cl)cc1. The van der Waals surface area contributed by atoms with E-state index in [4.69, 9.17) is 16.7 Å². The van der Waals surface area contributed by atoms with Gasteiger partial charge in [0.1, 0.15) is 5.41 Å². The van der Waals surface area contributed by atoms with Gasteiger partial charge in [0.15, 0.2) is 5.78 Å². The molecule has 0 aliphatic carbocycles. The average molecular weight is 295 g/mol. The highest BCUT2D eigenvalue weighted by Gasteiger charge is 2.50. The van der Waals surface area contributed by atoms with Crippen molar-refractivity contribution in [1.29, 1.82) is 0 Å². The largest absolute Gasteiger partial charge is 0.480 e. The zero-order chi connectivity index (χ0) is 14.8. The van der Waals surface area contributed by atoms with E-state index < -0.39 is 29.8 Å². The molecule has 0 spiro atoms. The number of alkyl halides is 3. The summed E-state index contributed by atoms with van der Waals surface area (Å²) in [7, 11) is 0. The van der Waals surface area contributed by atoms with Crippen LogP contribution < -0.4 is 0 Å². The first-order valence-corrected chi connectivity index (χ1v) is 5.54. The van der Waals surface area contributed by atoms with Gasteiger partial charge in [0.2, 0.25) is 0 Å². The van der Waals surface area contributed by atoms with E-state index in [1.165, 1.54) is 24.3 Å². The molecule has 19 heavy (non-hydrogen) atoms. The van der Waals surface area contributed by atoms with Crippen molar-refractivity contribution < 1.29 is 27.9 Å². The van der Waals surface area contributed by atoms with Crippen LogP contribution in [0.25, 0.3) is 0 Å². The van der Waals surface area contributed by atoms with Gasteiger partial charge in [0.25, 0.3) is 0 Å². The lowest BCUT2D eigenvalue weighted by molar-refractivity contribution is -0.170. The number of benzene rings is 1. The lowest BCUT2D eigenvalue weighted by Gasteiger charge is -2.24. The van der Waals surface area contributed by atoms with Crippen LogP contribution >= 0.6 is 11.6 Å². The summed E-state index contributed by atoms with van der Waals surface area (Å²) in [5, 5.41) is 9.23. The summed E-state index contributed by atoms with van der Waals surface area (Å²) in [4.78, 5) is 23.0. The lowest BCUT2D eigenvalue weighted by atomic mass is 9.79. The van der Waals surface area contributed by atoms with Gasteiger partial charge in [-0.05, 0) is 31.2 Å². The third-order valence-electron chi connectivity index (χ3n) is 2.63. The van der Waals surface area contributed by atoms with E-state index in [-0.39, 0.29) is 5.56 Å². The van der Waals surface area contributed by atoms with Crippen LogP contribution in [-0.2, 0) is 4.79 Å². The van der Waals surface area contributed by atoms with Gasteiger partial charge in [-0.15, -0.1) is 0 Å². The van der Waals surface area contributed by atoms with Crippen molar-refractivity contribution in [3.05, 3.63) is 34.9 Å². The molecule has 1 aromatic rings. The van der Waals surface area contributed by atoms with Gasteiger partial charge in [-0.3, -0.25) is 9.59 Å². The van der Waals surface area contributed by atoms with Crippen LogP contribution in [0, 0.1) is 5.41 Å². The fourth-order valence-corrected chi connectivity index (χ4v) is 1.70. The number of rotatable bonds is 4. The molecule has 1 unspecified atom stereocenters. The molecule has 1 N–H and O–H groups in total. The maximum atomic E-state index is 12.4. The fourth-order valence-electron chi connectivity index (χ4n) is 1.57. The Hall–Kier alpha value is -1.56. The van der Waals surface area contributed by atoms with Gasteiger partial charge < -0.3 is 5.11 Å². The number of hydrogen-bond acceptors (Lipinski definition) is 2. The van der Waals surface area contributed by atoms with Crippen LogP contribution in [0.15, 0.2) is 24.3 Å². The number of carboxylic acids is 1. The predicted molar refractivity (Wildman–Crippen MR) is 62.2 cm³/mol. The van der Waals surface area contributed by atoms with Crippen LogP contribution in [0.4, 0.5) is 13.2 Å². The number of carbonyl (C=O) groups excluding carboxylic acids is 1. The zero-order valence-corrected chi connectivity index (χ0v) is 10.5. The second-order valence-corrected chi connectivity index (χ2v) is 4.70. The van der Waals surface area contributed by atoms with Crippen LogP contribution in [-0.4, -0.2) is 23.0 Å². The molecule has 0 aliphatic heterocycles. The highest BCUT2D eigenvalue weighted by Crippen LogP contribution is 2.36. The molecular weight excluding hydrogens is 285 g/mol.